The molecule has 1 rings (SSSR count). The molecule has 0 atom stereocenters. The number of halogens is 1. The van der Waals surface area contributed by atoms with E-state index in [1.54, 1.807) is 6.07 Å². The summed E-state index contributed by atoms with van der Waals surface area (Å²) in [6, 6.07) is 4.48. The zero-order valence-electron chi connectivity index (χ0n) is 11.5. The molecule has 20 heavy (non-hydrogen) atoms. The number of anilines is 1. The molecule has 0 radical (unpaired) electrons. The van der Waals surface area contributed by atoms with Gasteiger partial charge in [-0.3, -0.25) is 14.9 Å². The summed E-state index contributed by atoms with van der Waals surface area (Å²) in [5.74, 6) is -0.207. The first-order valence-corrected chi connectivity index (χ1v) is 7.15. The van der Waals surface area contributed by atoms with Crippen molar-refractivity contribution in [1.82, 2.24) is 0 Å². The van der Waals surface area contributed by atoms with Crippen molar-refractivity contribution in [3.05, 3.63) is 32.8 Å². The molecule has 0 saturated carbocycles. The van der Waals surface area contributed by atoms with Crippen LogP contribution in [0.3, 0.4) is 0 Å². The van der Waals surface area contributed by atoms with Crippen molar-refractivity contribution in [2.24, 2.45) is 11.1 Å². The van der Waals surface area contributed by atoms with Gasteiger partial charge in [0.2, 0.25) is 5.91 Å². The largest absolute Gasteiger partial charge is 0.329 e. The van der Waals surface area contributed by atoms with Crippen LogP contribution >= 0.6 is 15.9 Å². The fraction of sp³-hybridized carbons (Fsp3) is 0.462. The van der Waals surface area contributed by atoms with Crippen molar-refractivity contribution in [3.8, 4) is 0 Å². The predicted octanol–water partition coefficient (Wildman–Crippen LogP) is 3.06. The highest BCUT2D eigenvalue weighted by Crippen LogP contribution is 2.30. The summed E-state index contributed by atoms with van der Waals surface area (Å²) in [6.07, 6.45) is 1.23. The second-order valence-corrected chi connectivity index (χ2v) is 5.42. The Bertz CT molecular complexity index is 507. The molecule has 1 amide bonds. The Labute approximate surface area is 126 Å². The number of nitro groups is 1. The van der Waals surface area contributed by atoms with E-state index >= 15 is 0 Å². The molecule has 3 N–H and O–H groups in total. The number of nitro benzene ring substituents is 1. The van der Waals surface area contributed by atoms with E-state index in [1.165, 1.54) is 12.1 Å². The van der Waals surface area contributed by atoms with E-state index < -0.39 is 10.3 Å². The zero-order valence-corrected chi connectivity index (χ0v) is 13.1. The van der Waals surface area contributed by atoms with Gasteiger partial charge in [-0.05, 0) is 40.9 Å². The molecule has 0 spiro atoms. The van der Waals surface area contributed by atoms with Crippen LogP contribution in [0.25, 0.3) is 0 Å². The highest BCUT2D eigenvalue weighted by Gasteiger charge is 2.33. The summed E-state index contributed by atoms with van der Waals surface area (Å²) in [6.45, 7) is 4.05. The second-order valence-electron chi connectivity index (χ2n) is 4.57. The highest BCUT2D eigenvalue weighted by atomic mass is 79.9. The molecular weight excluding hydrogens is 326 g/mol. The van der Waals surface area contributed by atoms with Crippen LogP contribution in [0.4, 0.5) is 11.4 Å². The van der Waals surface area contributed by atoms with Crippen molar-refractivity contribution in [2.45, 2.75) is 26.7 Å². The minimum Gasteiger partial charge on any atom is -0.329 e. The summed E-state index contributed by atoms with van der Waals surface area (Å²) in [5, 5.41) is 13.6. The predicted molar refractivity (Wildman–Crippen MR) is 81.5 cm³/mol. The van der Waals surface area contributed by atoms with E-state index in [9.17, 15) is 14.9 Å². The van der Waals surface area contributed by atoms with Crippen LogP contribution in [0.5, 0.6) is 0 Å². The number of hydrogen-bond acceptors (Lipinski definition) is 4. The molecule has 7 heteroatoms. The number of benzene rings is 1. The molecule has 0 fully saturated rings. The van der Waals surface area contributed by atoms with Gasteiger partial charge in [-0.15, -0.1) is 0 Å². The molecule has 0 aliphatic rings. The number of amides is 1. The lowest BCUT2D eigenvalue weighted by Gasteiger charge is -2.28. The number of rotatable bonds is 6. The zero-order chi connectivity index (χ0) is 15.3. The van der Waals surface area contributed by atoms with Crippen molar-refractivity contribution < 1.29 is 9.72 Å². The topological polar surface area (TPSA) is 98.3 Å². The van der Waals surface area contributed by atoms with Gasteiger partial charge in [-0.25, -0.2) is 0 Å². The van der Waals surface area contributed by atoms with Crippen LogP contribution in [0.15, 0.2) is 22.7 Å². The molecule has 0 aliphatic heterocycles. The average Bonchev–Trinajstić information content (AvgIpc) is 2.43. The Morgan fingerprint density at radius 2 is 2.05 bits per heavy atom. The third kappa shape index (κ3) is 3.34. The van der Waals surface area contributed by atoms with Crippen molar-refractivity contribution >= 4 is 33.2 Å². The highest BCUT2D eigenvalue weighted by molar-refractivity contribution is 9.10. The Morgan fingerprint density at radius 1 is 1.45 bits per heavy atom. The Kier molecular flexibility index (Phi) is 5.64. The molecule has 0 heterocycles. The smallest absolute Gasteiger partial charge is 0.285 e. The molecule has 6 nitrogen and oxygen atoms in total. The molecule has 0 unspecified atom stereocenters. The van der Waals surface area contributed by atoms with Gasteiger partial charge in [0.25, 0.3) is 5.69 Å². The molecular formula is C13H18BrN3O3. The third-order valence-corrected chi connectivity index (χ3v) is 4.30. The van der Waals surface area contributed by atoms with Gasteiger partial charge >= 0.3 is 0 Å². The molecule has 0 saturated heterocycles. The van der Waals surface area contributed by atoms with Crippen LogP contribution in [0.2, 0.25) is 0 Å². The van der Waals surface area contributed by atoms with E-state index in [4.69, 9.17) is 5.73 Å². The number of carbonyl (C=O) groups excluding carboxylic acids is 1. The van der Waals surface area contributed by atoms with E-state index in [0.29, 0.717) is 23.0 Å². The van der Waals surface area contributed by atoms with Crippen molar-refractivity contribution in [3.63, 3.8) is 0 Å². The molecule has 0 aliphatic carbocycles. The van der Waals surface area contributed by atoms with Crippen LogP contribution in [0.1, 0.15) is 26.7 Å². The summed E-state index contributed by atoms with van der Waals surface area (Å²) in [7, 11) is 0. The molecule has 1 aromatic carbocycles. The van der Waals surface area contributed by atoms with Gasteiger partial charge in [0, 0.05) is 18.3 Å². The molecule has 110 valence electrons. The summed E-state index contributed by atoms with van der Waals surface area (Å²) in [4.78, 5) is 22.7. The Hall–Kier alpha value is -1.47. The Balaban J connectivity index is 3.02. The summed E-state index contributed by atoms with van der Waals surface area (Å²) in [5.41, 5.74) is 5.38. The van der Waals surface area contributed by atoms with Crippen LogP contribution < -0.4 is 11.1 Å². The van der Waals surface area contributed by atoms with Gasteiger partial charge in [-0.1, -0.05) is 13.8 Å². The maximum Gasteiger partial charge on any atom is 0.285 e. The fourth-order valence-corrected chi connectivity index (χ4v) is 2.34. The normalized spacial score (nSPS) is 11.2. The van der Waals surface area contributed by atoms with E-state index in [1.807, 2.05) is 13.8 Å². The minimum atomic E-state index is -0.637. The number of hydrogen-bond donors (Lipinski definition) is 2. The first-order valence-electron chi connectivity index (χ1n) is 6.35. The molecule has 0 bridgehead atoms. The number of carbonyl (C=O) groups is 1. The van der Waals surface area contributed by atoms with Gasteiger partial charge in [0.05, 0.1) is 14.8 Å². The van der Waals surface area contributed by atoms with Crippen molar-refractivity contribution in [1.29, 1.82) is 0 Å². The van der Waals surface area contributed by atoms with Gasteiger partial charge in [0.15, 0.2) is 0 Å². The SMILES string of the molecule is CCC(CC)(CN)C(=O)Nc1ccc(Br)c([N+](=O)[O-])c1. The van der Waals surface area contributed by atoms with Gasteiger partial charge < -0.3 is 11.1 Å². The van der Waals surface area contributed by atoms with E-state index in [-0.39, 0.29) is 18.1 Å². The quantitative estimate of drug-likeness (QED) is 0.612. The standard InChI is InChI=1S/C13H18BrN3O3/c1-3-13(4-2,8-15)12(18)16-9-5-6-10(14)11(7-9)17(19)20/h5-7H,3-4,8,15H2,1-2H3,(H,16,18). The monoisotopic (exact) mass is 343 g/mol. The Morgan fingerprint density at radius 3 is 2.50 bits per heavy atom. The lowest BCUT2D eigenvalue weighted by molar-refractivity contribution is -0.385. The van der Waals surface area contributed by atoms with E-state index in [2.05, 4.69) is 21.2 Å². The minimum absolute atomic E-state index is 0.0888. The maximum atomic E-state index is 12.3. The van der Waals surface area contributed by atoms with Crippen LogP contribution in [-0.2, 0) is 4.79 Å². The number of nitrogens with zero attached hydrogens (tertiary/aromatic N) is 1. The number of nitrogens with two attached hydrogens (primary N) is 1. The third-order valence-electron chi connectivity index (χ3n) is 3.63. The first kappa shape index (κ1) is 16.6. The fourth-order valence-electron chi connectivity index (χ4n) is 1.95. The maximum absolute atomic E-state index is 12.3. The first-order chi connectivity index (χ1) is 9.40. The van der Waals surface area contributed by atoms with E-state index in [0.717, 1.165) is 0 Å². The number of nitrogens with one attached hydrogen (secondary N) is 1. The van der Waals surface area contributed by atoms with Gasteiger partial charge in [0.1, 0.15) is 0 Å². The molecule has 1 aromatic rings. The summed E-state index contributed by atoms with van der Waals surface area (Å²) < 4.78 is 0.372. The van der Waals surface area contributed by atoms with Crippen LogP contribution in [0, 0.1) is 15.5 Å². The lowest BCUT2D eigenvalue weighted by Crippen LogP contribution is -2.41. The van der Waals surface area contributed by atoms with Gasteiger partial charge in [-0.2, -0.15) is 0 Å². The van der Waals surface area contributed by atoms with Crippen LogP contribution in [-0.4, -0.2) is 17.4 Å². The van der Waals surface area contributed by atoms with Crippen molar-refractivity contribution in [2.75, 3.05) is 11.9 Å². The summed E-state index contributed by atoms with van der Waals surface area (Å²) >= 11 is 3.10. The average molecular weight is 344 g/mol. The second kappa shape index (κ2) is 6.81. The molecule has 0 aromatic heterocycles. The lowest BCUT2D eigenvalue weighted by atomic mass is 9.81.